The van der Waals surface area contributed by atoms with Crippen molar-refractivity contribution in [2.75, 3.05) is 17.7 Å². The first-order valence-corrected chi connectivity index (χ1v) is 7.53. The van der Waals surface area contributed by atoms with Crippen LogP contribution in [0.1, 0.15) is 0 Å². The first kappa shape index (κ1) is 17.5. The second-order valence-electron chi connectivity index (χ2n) is 5.15. The van der Waals surface area contributed by atoms with E-state index in [9.17, 15) is 13.2 Å². The van der Waals surface area contributed by atoms with Crippen molar-refractivity contribution in [3.63, 3.8) is 0 Å². The molecule has 0 radical (unpaired) electrons. The summed E-state index contributed by atoms with van der Waals surface area (Å²) in [5.41, 5.74) is 1.79. The largest absolute Gasteiger partial charge is 0.573 e. The third-order valence-corrected chi connectivity index (χ3v) is 3.25. The molecule has 134 valence electrons. The fourth-order valence-electron chi connectivity index (χ4n) is 2.20. The molecule has 0 saturated heterocycles. The van der Waals surface area contributed by atoms with Crippen molar-refractivity contribution in [3.8, 4) is 17.0 Å². The number of anilines is 3. The topological polar surface area (TPSA) is 72.0 Å². The van der Waals surface area contributed by atoms with Crippen molar-refractivity contribution in [2.45, 2.75) is 6.36 Å². The van der Waals surface area contributed by atoms with Crippen LogP contribution in [0, 0.1) is 0 Å². The van der Waals surface area contributed by atoms with Gasteiger partial charge >= 0.3 is 6.36 Å². The summed E-state index contributed by atoms with van der Waals surface area (Å²) in [6, 6.07) is 10.8. The normalized spacial score (nSPS) is 11.1. The molecule has 0 saturated carbocycles. The van der Waals surface area contributed by atoms with Crippen LogP contribution in [-0.2, 0) is 0 Å². The fraction of sp³-hybridized carbons (Fsp3) is 0.118. The number of nitrogens with one attached hydrogen (secondary N) is 2. The average molecular weight is 361 g/mol. The number of nitrogens with zero attached hydrogens (tertiary/aromatic N) is 3. The molecule has 0 aliphatic heterocycles. The number of hydrogen-bond donors (Lipinski definition) is 2. The van der Waals surface area contributed by atoms with Crippen LogP contribution in [0.2, 0.25) is 0 Å². The molecule has 6 nitrogen and oxygen atoms in total. The lowest BCUT2D eigenvalue weighted by atomic mass is 10.2. The lowest BCUT2D eigenvalue weighted by molar-refractivity contribution is -0.274. The van der Waals surface area contributed by atoms with E-state index in [1.807, 2.05) is 6.07 Å². The molecule has 2 heterocycles. The highest BCUT2D eigenvalue weighted by Crippen LogP contribution is 2.27. The molecule has 3 aromatic rings. The van der Waals surface area contributed by atoms with E-state index in [1.165, 1.54) is 18.2 Å². The predicted molar refractivity (Wildman–Crippen MR) is 91.2 cm³/mol. The Hall–Kier alpha value is -3.36. The SMILES string of the molecule is CNc1nc(Nc2cccc(OC(F)(F)F)c2)cc(-c2cccnc2)n1. The van der Waals surface area contributed by atoms with Crippen LogP contribution in [0.4, 0.5) is 30.6 Å². The van der Waals surface area contributed by atoms with Crippen molar-refractivity contribution in [1.29, 1.82) is 0 Å². The minimum absolute atomic E-state index is 0.321. The van der Waals surface area contributed by atoms with E-state index in [0.717, 1.165) is 5.56 Å². The molecule has 3 rings (SSSR count). The Morgan fingerprint density at radius 3 is 2.58 bits per heavy atom. The van der Waals surface area contributed by atoms with Crippen LogP contribution in [0.3, 0.4) is 0 Å². The summed E-state index contributed by atoms with van der Waals surface area (Å²) in [7, 11) is 1.67. The Bertz CT molecular complexity index is 887. The van der Waals surface area contributed by atoms with Crippen LogP contribution in [0.5, 0.6) is 5.75 Å². The third-order valence-electron chi connectivity index (χ3n) is 3.25. The van der Waals surface area contributed by atoms with Gasteiger partial charge in [0.2, 0.25) is 5.95 Å². The van der Waals surface area contributed by atoms with E-state index in [0.29, 0.717) is 23.1 Å². The van der Waals surface area contributed by atoms with E-state index in [1.54, 1.807) is 37.6 Å². The molecule has 0 fully saturated rings. The highest BCUT2D eigenvalue weighted by Gasteiger charge is 2.31. The minimum atomic E-state index is -4.75. The summed E-state index contributed by atoms with van der Waals surface area (Å²) in [6.07, 6.45) is -1.45. The molecule has 9 heteroatoms. The molecule has 0 amide bonds. The smallest absolute Gasteiger partial charge is 0.406 e. The highest BCUT2D eigenvalue weighted by atomic mass is 19.4. The van der Waals surface area contributed by atoms with Gasteiger partial charge in [0.25, 0.3) is 0 Å². The molecule has 0 unspecified atom stereocenters. The zero-order valence-electron chi connectivity index (χ0n) is 13.6. The molecule has 0 aliphatic rings. The Morgan fingerprint density at radius 1 is 1.04 bits per heavy atom. The molecule has 26 heavy (non-hydrogen) atoms. The number of pyridine rings is 1. The summed E-state index contributed by atoms with van der Waals surface area (Å²) in [6.45, 7) is 0. The number of alkyl halides is 3. The van der Waals surface area contributed by atoms with Gasteiger partial charge in [-0.2, -0.15) is 4.98 Å². The number of ether oxygens (including phenoxy) is 1. The van der Waals surface area contributed by atoms with Crippen molar-refractivity contribution in [2.24, 2.45) is 0 Å². The van der Waals surface area contributed by atoms with Gasteiger partial charge in [-0.3, -0.25) is 4.98 Å². The van der Waals surface area contributed by atoms with Gasteiger partial charge in [-0.25, -0.2) is 4.98 Å². The molecule has 0 spiro atoms. The molecular formula is C17H14F3N5O. The van der Waals surface area contributed by atoms with Gasteiger partial charge in [0, 0.05) is 42.8 Å². The van der Waals surface area contributed by atoms with Crippen molar-refractivity contribution in [3.05, 3.63) is 54.9 Å². The molecule has 0 atom stereocenters. The summed E-state index contributed by atoms with van der Waals surface area (Å²) < 4.78 is 41.0. The number of benzene rings is 1. The number of hydrogen-bond acceptors (Lipinski definition) is 6. The first-order chi connectivity index (χ1) is 12.4. The van der Waals surface area contributed by atoms with Crippen LogP contribution < -0.4 is 15.4 Å². The zero-order chi connectivity index (χ0) is 18.6. The molecule has 2 N–H and O–H groups in total. The average Bonchev–Trinajstić information content (AvgIpc) is 2.61. The van der Waals surface area contributed by atoms with E-state index >= 15 is 0 Å². The first-order valence-electron chi connectivity index (χ1n) is 7.53. The molecule has 0 bridgehead atoms. The predicted octanol–water partition coefficient (Wildman–Crippen LogP) is 4.22. The highest BCUT2D eigenvalue weighted by molar-refractivity contribution is 5.67. The molecule has 1 aromatic carbocycles. The minimum Gasteiger partial charge on any atom is -0.406 e. The summed E-state index contributed by atoms with van der Waals surface area (Å²) in [4.78, 5) is 12.7. The Morgan fingerprint density at radius 2 is 1.88 bits per heavy atom. The summed E-state index contributed by atoms with van der Waals surface area (Å²) >= 11 is 0. The van der Waals surface area contributed by atoms with Gasteiger partial charge < -0.3 is 15.4 Å². The van der Waals surface area contributed by atoms with Gasteiger partial charge in [-0.1, -0.05) is 6.07 Å². The number of rotatable bonds is 5. The van der Waals surface area contributed by atoms with E-state index in [-0.39, 0.29) is 5.75 Å². The zero-order valence-corrected chi connectivity index (χ0v) is 13.6. The van der Waals surface area contributed by atoms with Crippen molar-refractivity contribution >= 4 is 17.5 Å². The maximum atomic E-state index is 12.4. The summed E-state index contributed by atoms with van der Waals surface area (Å²) in [5.74, 6) is 0.446. The lowest BCUT2D eigenvalue weighted by Gasteiger charge is -2.12. The Labute approximate surface area is 147 Å². The number of halogens is 3. The number of aromatic nitrogens is 3. The molecule has 0 aliphatic carbocycles. The Kier molecular flexibility index (Phi) is 4.87. The maximum Gasteiger partial charge on any atom is 0.573 e. The monoisotopic (exact) mass is 361 g/mol. The van der Waals surface area contributed by atoms with Gasteiger partial charge in [0.15, 0.2) is 0 Å². The molecular weight excluding hydrogens is 347 g/mol. The Balaban J connectivity index is 1.89. The van der Waals surface area contributed by atoms with Crippen molar-refractivity contribution < 1.29 is 17.9 Å². The molecule has 2 aromatic heterocycles. The van der Waals surface area contributed by atoms with Crippen LogP contribution in [-0.4, -0.2) is 28.4 Å². The van der Waals surface area contributed by atoms with Gasteiger partial charge in [0.1, 0.15) is 11.6 Å². The van der Waals surface area contributed by atoms with Crippen molar-refractivity contribution in [1.82, 2.24) is 15.0 Å². The summed E-state index contributed by atoms with van der Waals surface area (Å²) in [5, 5.41) is 5.81. The van der Waals surface area contributed by atoms with Crippen LogP contribution in [0.25, 0.3) is 11.3 Å². The third kappa shape index (κ3) is 4.59. The standard InChI is InChI=1S/C17H14F3N5O/c1-21-16-24-14(11-4-3-7-22-10-11)9-15(25-16)23-12-5-2-6-13(8-12)26-17(18,19)20/h2-10H,1H3,(H2,21,23,24,25). The van der Waals surface area contributed by atoms with Gasteiger partial charge in [-0.15, -0.1) is 13.2 Å². The van der Waals surface area contributed by atoms with E-state index < -0.39 is 6.36 Å². The fourth-order valence-corrected chi connectivity index (χ4v) is 2.20. The van der Waals surface area contributed by atoms with Gasteiger partial charge in [-0.05, 0) is 24.3 Å². The second kappa shape index (κ2) is 7.26. The maximum absolute atomic E-state index is 12.4. The lowest BCUT2D eigenvalue weighted by Crippen LogP contribution is -2.17. The quantitative estimate of drug-likeness (QED) is 0.709. The van der Waals surface area contributed by atoms with Crippen LogP contribution in [0.15, 0.2) is 54.9 Å². The van der Waals surface area contributed by atoms with E-state index in [4.69, 9.17) is 0 Å². The van der Waals surface area contributed by atoms with Gasteiger partial charge in [0.05, 0.1) is 5.69 Å². The van der Waals surface area contributed by atoms with E-state index in [2.05, 4.69) is 30.3 Å². The second-order valence-corrected chi connectivity index (χ2v) is 5.15. The van der Waals surface area contributed by atoms with Crippen LogP contribution >= 0.6 is 0 Å².